The Bertz CT molecular complexity index is 1180. The number of likely N-dealkylation sites (N-methyl/N-ethyl adjacent to an activating group) is 2. The molecule has 0 saturated carbocycles. The topological polar surface area (TPSA) is 56.8 Å². The van der Waals surface area contributed by atoms with E-state index in [2.05, 4.69) is 11.6 Å². The second-order valence-corrected chi connectivity index (χ2v) is 10.6. The molecule has 9 heteroatoms. The lowest BCUT2D eigenvalue weighted by Gasteiger charge is -2.42. The first-order valence-electron chi connectivity index (χ1n) is 10.2. The maximum Gasteiger partial charge on any atom is 0.254 e. The summed E-state index contributed by atoms with van der Waals surface area (Å²) in [5, 5.41) is 0.514. The van der Waals surface area contributed by atoms with E-state index in [0.29, 0.717) is 22.4 Å². The summed E-state index contributed by atoms with van der Waals surface area (Å²) in [5.74, 6) is -0.651. The van der Waals surface area contributed by atoms with Crippen LogP contribution in [0, 0.1) is 0 Å². The zero-order valence-corrected chi connectivity index (χ0v) is 20.0. The number of anilines is 1. The molecular weight excluding hydrogens is 464 g/mol. The van der Waals surface area contributed by atoms with E-state index >= 15 is 0 Å². The first-order chi connectivity index (χ1) is 15.3. The summed E-state index contributed by atoms with van der Waals surface area (Å²) in [6.45, 7) is 4.56. The van der Waals surface area contributed by atoms with Gasteiger partial charge in [-0.05, 0) is 36.9 Å². The zero-order valence-electron chi connectivity index (χ0n) is 17.6. The first-order valence-corrected chi connectivity index (χ1v) is 11.8. The standard InChI is InChI=1S/C23H21ClN4O2S2/c1-4-10-28-20(30)23(32-21(28)31)17(14-6-5-9-25-12-14)13-26(2)22(23)16-11-15(24)7-8-18(16)27(3)19(22)29/h4-9,11-12,17H,1,10,13H2,2-3H3/t17-,22-,23+/m1/s1. The van der Waals surface area contributed by atoms with Crippen molar-refractivity contribution in [2.45, 2.75) is 16.2 Å². The average molecular weight is 485 g/mol. The van der Waals surface area contributed by atoms with Gasteiger partial charge in [-0.2, -0.15) is 0 Å². The molecule has 2 spiro atoms. The molecule has 5 rings (SSSR count). The van der Waals surface area contributed by atoms with Gasteiger partial charge in [-0.1, -0.05) is 47.7 Å². The summed E-state index contributed by atoms with van der Waals surface area (Å²) in [4.78, 5) is 37.9. The maximum absolute atomic E-state index is 14.3. The fourth-order valence-corrected chi connectivity index (χ4v) is 7.86. The molecule has 3 atom stereocenters. The van der Waals surface area contributed by atoms with Crippen LogP contribution in [0.3, 0.4) is 0 Å². The van der Waals surface area contributed by atoms with Crippen LogP contribution in [0.25, 0.3) is 0 Å². The van der Waals surface area contributed by atoms with Crippen LogP contribution in [-0.2, 0) is 15.1 Å². The number of benzene rings is 1. The van der Waals surface area contributed by atoms with Gasteiger partial charge in [0.1, 0.15) is 9.07 Å². The van der Waals surface area contributed by atoms with Crippen LogP contribution in [0.4, 0.5) is 5.69 Å². The van der Waals surface area contributed by atoms with Crippen molar-refractivity contribution in [2.75, 3.05) is 32.1 Å². The Morgan fingerprint density at radius 1 is 1.31 bits per heavy atom. The van der Waals surface area contributed by atoms with Crippen LogP contribution in [0.5, 0.6) is 0 Å². The van der Waals surface area contributed by atoms with Crippen molar-refractivity contribution in [3.8, 4) is 0 Å². The van der Waals surface area contributed by atoms with Gasteiger partial charge >= 0.3 is 0 Å². The van der Waals surface area contributed by atoms with E-state index in [1.54, 1.807) is 41.4 Å². The van der Waals surface area contributed by atoms with E-state index in [1.807, 2.05) is 36.2 Å². The lowest BCUT2D eigenvalue weighted by atomic mass is 9.72. The molecule has 3 aliphatic rings. The highest BCUT2D eigenvalue weighted by molar-refractivity contribution is 8.25. The highest BCUT2D eigenvalue weighted by Gasteiger charge is 2.78. The number of carbonyl (C=O) groups excluding carboxylic acids is 2. The number of halogens is 1. The van der Waals surface area contributed by atoms with Crippen molar-refractivity contribution in [3.63, 3.8) is 0 Å². The molecule has 2 aromatic rings. The van der Waals surface area contributed by atoms with Crippen molar-refractivity contribution in [1.82, 2.24) is 14.8 Å². The summed E-state index contributed by atoms with van der Waals surface area (Å²) in [6, 6.07) is 9.23. The van der Waals surface area contributed by atoms with Gasteiger partial charge in [-0.15, -0.1) is 6.58 Å². The molecule has 32 heavy (non-hydrogen) atoms. The van der Waals surface area contributed by atoms with Gasteiger partial charge in [0.2, 0.25) is 5.91 Å². The Balaban J connectivity index is 1.85. The highest BCUT2D eigenvalue weighted by atomic mass is 35.5. The van der Waals surface area contributed by atoms with E-state index in [4.69, 9.17) is 23.8 Å². The molecule has 164 valence electrons. The second kappa shape index (κ2) is 7.38. The number of pyridine rings is 1. The quantitative estimate of drug-likeness (QED) is 0.491. The predicted octanol–water partition coefficient (Wildman–Crippen LogP) is 3.42. The van der Waals surface area contributed by atoms with Crippen molar-refractivity contribution >= 4 is 57.4 Å². The Hall–Kier alpha value is -2.26. The van der Waals surface area contributed by atoms with E-state index < -0.39 is 10.3 Å². The molecule has 4 heterocycles. The molecule has 3 aliphatic heterocycles. The number of carbonyl (C=O) groups is 2. The van der Waals surface area contributed by atoms with Gasteiger partial charge in [0.15, 0.2) is 5.54 Å². The monoisotopic (exact) mass is 484 g/mol. The van der Waals surface area contributed by atoms with Gasteiger partial charge < -0.3 is 4.90 Å². The molecule has 0 N–H and O–H groups in total. The number of nitrogens with zero attached hydrogens (tertiary/aromatic N) is 4. The highest BCUT2D eigenvalue weighted by Crippen LogP contribution is 2.66. The minimum atomic E-state index is -1.26. The zero-order chi connectivity index (χ0) is 22.8. The Morgan fingerprint density at radius 2 is 2.09 bits per heavy atom. The van der Waals surface area contributed by atoms with Gasteiger partial charge in [0.05, 0.1) is 0 Å². The van der Waals surface area contributed by atoms with Crippen LogP contribution in [0.1, 0.15) is 17.0 Å². The summed E-state index contributed by atoms with van der Waals surface area (Å²) >= 11 is 13.4. The second-order valence-electron chi connectivity index (χ2n) is 8.26. The molecular formula is C23H21ClN4O2S2. The van der Waals surface area contributed by atoms with Crippen LogP contribution >= 0.6 is 35.6 Å². The minimum Gasteiger partial charge on any atom is -0.313 e. The van der Waals surface area contributed by atoms with Crippen LogP contribution in [0.2, 0.25) is 5.02 Å². The third-order valence-corrected chi connectivity index (χ3v) is 8.99. The van der Waals surface area contributed by atoms with Gasteiger partial charge in [0.25, 0.3) is 5.91 Å². The van der Waals surface area contributed by atoms with Gasteiger partial charge in [0, 0.05) is 54.7 Å². The molecule has 0 radical (unpaired) electrons. The number of thioether (sulfide) groups is 1. The van der Waals surface area contributed by atoms with E-state index in [-0.39, 0.29) is 17.7 Å². The molecule has 0 bridgehead atoms. The number of fused-ring (bicyclic) bond motifs is 3. The third-order valence-electron chi connectivity index (χ3n) is 6.81. The normalized spacial score (nSPS) is 29.6. The minimum absolute atomic E-state index is 0.159. The molecule has 0 unspecified atom stereocenters. The SMILES string of the molecule is C=CCN1C(=O)[C@@]2(SC1=S)[C@@H](c1cccnc1)CN(C)[C@]21C(=O)N(C)c2ccc(Cl)cc21. The van der Waals surface area contributed by atoms with Crippen molar-refractivity contribution in [2.24, 2.45) is 0 Å². The van der Waals surface area contributed by atoms with E-state index in [1.165, 1.54) is 11.8 Å². The summed E-state index contributed by atoms with van der Waals surface area (Å²) in [6.07, 6.45) is 5.13. The third kappa shape index (κ3) is 2.46. The van der Waals surface area contributed by atoms with Crippen LogP contribution in [0.15, 0.2) is 55.4 Å². The largest absolute Gasteiger partial charge is 0.313 e. The Kier molecular flexibility index (Phi) is 4.98. The molecule has 0 aliphatic carbocycles. The Labute approximate surface area is 201 Å². The average Bonchev–Trinajstić information content (AvgIpc) is 3.28. The molecule has 2 amide bonds. The summed E-state index contributed by atoms with van der Waals surface area (Å²) in [5.41, 5.74) is 1.12. The molecule has 6 nitrogen and oxygen atoms in total. The number of hydrogen-bond acceptors (Lipinski definition) is 6. The van der Waals surface area contributed by atoms with Crippen LogP contribution in [-0.4, -0.2) is 62.9 Å². The predicted molar refractivity (Wildman–Crippen MR) is 131 cm³/mol. The molecule has 1 aromatic carbocycles. The summed E-state index contributed by atoms with van der Waals surface area (Å²) < 4.78 is -0.754. The number of hydrogen-bond donors (Lipinski definition) is 0. The van der Waals surface area contributed by atoms with Gasteiger partial charge in [-0.3, -0.25) is 24.4 Å². The smallest absolute Gasteiger partial charge is 0.254 e. The lowest BCUT2D eigenvalue weighted by Crippen LogP contribution is -2.62. The van der Waals surface area contributed by atoms with Crippen molar-refractivity contribution in [1.29, 1.82) is 0 Å². The number of thiocarbonyl (C=S) groups is 1. The molecule has 2 fully saturated rings. The molecule has 2 saturated heterocycles. The number of amides is 2. The van der Waals surface area contributed by atoms with E-state index in [0.717, 1.165) is 16.8 Å². The Morgan fingerprint density at radius 3 is 2.78 bits per heavy atom. The molecule has 1 aromatic heterocycles. The number of rotatable bonds is 3. The van der Waals surface area contributed by atoms with Gasteiger partial charge in [-0.25, -0.2) is 0 Å². The van der Waals surface area contributed by atoms with Crippen LogP contribution < -0.4 is 4.90 Å². The maximum atomic E-state index is 14.3. The fourth-order valence-electron chi connectivity index (χ4n) is 5.54. The lowest BCUT2D eigenvalue weighted by molar-refractivity contribution is -0.138. The number of likely N-dealkylation sites (tertiary alicyclic amines) is 1. The van der Waals surface area contributed by atoms with Crippen molar-refractivity contribution in [3.05, 3.63) is 71.5 Å². The fraction of sp³-hybridized carbons (Fsp3) is 0.304. The summed E-state index contributed by atoms with van der Waals surface area (Å²) in [7, 11) is 3.64. The van der Waals surface area contributed by atoms with Crippen molar-refractivity contribution < 1.29 is 9.59 Å². The first kappa shape index (κ1) is 21.6. The number of aromatic nitrogens is 1. The van der Waals surface area contributed by atoms with E-state index in [9.17, 15) is 9.59 Å².